The average molecular weight is 682 g/mol. The van der Waals surface area contributed by atoms with E-state index >= 15 is 0 Å². The van der Waals surface area contributed by atoms with E-state index in [-0.39, 0.29) is 17.1 Å². The van der Waals surface area contributed by atoms with E-state index in [0.717, 1.165) is 71.0 Å². The number of nitrogens with zero attached hydrogens (tertiary/aromatic N) is 1. The summed E-state index contributed by atoms with van der Waals surface area (Å²) in [6, 6.07) is 38.1. The fourth-order valence-electron chi connectivity index (χ4n) is 7.11. The summed E-state index contributed by atoms with van der Waals surface area (Å²) in [5.41, 5.74) is 10.8. The molecule has 0 N–H and O–H groups in total. The molecule has 1 fully saturated rings. The molecule has 7 rings (SSSR count). The SMILES string of the molecule is CCCCc1cc(/C=C/c2cc(/C=N/S(=O)(=O)c3ccc(C)cc3)ccc2C)c2c(c1)CCC21O[C@@H](c2ccccc2)[C@H](c2ccccc2)O1. The predicted octanol–water partition coefficient (Wildman–Crippen LogP) is 10.3. The number of benzene rings is 5. The van der Waals surface area contributed by atoms with Gasteiger partial charge >= 0.3 is 0 Å². The minimum Gasteiger partial charge on any atom is -0.335 e. The molecular weight excluding hydrogens is 639 g/mol. The van der Waals surface area contributed by atoms with Crippen LogP contribution in [-0.4, -0.2) is 14.6 Å². The fraction of sp³-hybridized carbons (Fsp3) is 0.250. The first-order chi connectivity index (χ1) is 24.2. The Morgan fingerprint density at radius 2 is 1.42 bits per heavy atom. The highest BCUT2D eigenvalue weighted by Crippen LogP contribution is 2.57. The normalized spacial score (nSPS) is 18.4. The van der Waals surface area contributed by atoms with E-state index < -0.39 is 15.8 Å². The summed E-state index contributed by atoms with van der Waals surface area (Å²) < 4.78 is 44.1. The lowest BCUT2D eigenvalue weighted by Gasteiger charge is -2.26. The predicted molar refractivity (Wildman–Crippen MR) is 202 cm³/mol. The third kappa shape index (κ3) is 7.02. The minimum atomic E-state index is -3.81. The zero-order valence-electron chi connectivity index (χ0n) is 28.9. The molecule has 5 aromatic carbocycles. The number of rotatable bonds is 10. The number of hydrogen-bond donors (Lipinski definition) is 0. The topological polar surface area (TPSA) is 65.0 Å². The fourth-order valence-corrected chi connectivity index (χ4v) is 7.97. The number of unbranched alkanes of at least 4 members (excludes halogenated alkanes) is 1. The highest BCUT2D eigenvalue weighted by molar-refractivity contribution is 7.90. The lowest BCUT2D eigenvalue weighted by Crippen LogP contribution is -2.25. The molecular formula is C44H43NO4S. The van der Waals surface area contributed by atoms with Crippen molar-refractivity contribution in [3.05, 3.63) is 171 Å². The molecule has 2 aliphatic rings. The molecule has 0 amide bonds. The van der Waals surface area contributed by atoms with Crippen LogP contribution in [-0.2, 0) is 38.1 Å². The molecule has 1 aliphatic heterocycles. The number of fused-ring (bicyclic) bond motifs is 2. The molecule has 1 saturated heterocycles. The number of aryl methyl sites for hydroxylation is 4. The summed E-state index contributed by atoms with van der Waals surface area (Å²) in [6.45, 7) is 6.21. The van der Waals surface area contributed by atoms with Crippen LogP contribution in [0.5, 0.6) is 0 Å². The van der Waals surface area contributed by atoms with Crippen molar-refractivity contribution in [2.45, 2.75) is 75.8 Å². The van der Waals surface area contributed by atoms with E-state index in [1.54, 1.807) is 24.3 Å². The van der Waals surface area contributed by atoms with Crippen LogP contribution in [0.3, 0.4) is 0 Å². The summed E-state index contributed by atoms with van der Waals surface area (Å²) in [4.78, 5) is 0.178. The first-order valence-corrected chi connectivity index (χ1v) is 19.0. The molecule has 0 unspecified atom stereocenters. The molecule has 1 spiro atoms. The van der Waals surface area contributed by atoms with E-state index in [4.69, 9.17) is 9.47 Å². The summed E-state index contributed by atoms with van der Waals surface area (Å²) in [5.74, 6) is -0.882. The minimum absolute atomic E-state index is 0.178. The Morgan fingerprint density at radius 1 is 0.780 bits per heavy atom. The Balaban J connectivity index is 1.25. The molecule has 5 aromatic rings. The standard InChI is InChI=1S/C44H43NO4S/c1-4-5-12-33-27-38(22-21-37-29-34(20-19-32(37)3)30-45-50(46,47)40-23-17-31(2)18-24-40)41-39(28-33)25-26-44(41)48-42(35-13-8-6-9-14-35)43(49-44)36-15-10-7-11-16-36/h6-11,13-24,27-30,42-43H,4-5,12,25-26H2,1-3H3/b22-21+,45-30+/t42-,43-/m0/s1. The number of hydrogen-bond acceptors (Lipinski definition) is 4. The van der Waals surface area contributed by atoms with Crippen LogP contribution in [0.4, 0.5) is 0 Å². The first-order valence-electron chi connectivity index (χ1n) is 17.5. The van der Waals surface area contributed by atoms with E-state index in [1.165, 1.54) is 17.3 Å². The molecule has 6 heteroatoms. The third-order valence-electron chi connectivity index (χ3n) is 9.80. The maximum absolute atomic E-state index is 12.9. The number of ether oxygens (including phenoxy) is 2. The molecule has 5 nitrogen and oxygen atoms in total. The van der Waals surface area contributed by atoms with Gasteiger partial charge in [-0.15, -0.1) is 0 Å². The van der Waals surface area contributed by atoms with Crippen molar-refractivity contribution in [1.82, 2.24) is 0 Å². The Hall–Kier alpha value is -4.62. The van der Waals surface area contributed by atoms with Crippen LogP contribution in [0.1, 0.15) is 94.0 Å². The molecule has 50 heavy (non-hydrogen) atoms. The van der Waals surface area contributed by atoms with Gasteiger partial charge in [-0.3, -0.25) is 0 Å². The molecule has 1 heterocycles. The molecule has 0 aromatic heterocycles. The second-order valence-electron chi connectivity index (χ2n) is 13.4. The van der Waals surface area contributed by atoms with E-state index in [1.807, 2.05) is 37.3 Å². The largest absolute Gasteiger partial charge is 0.335 e. The van der Waals surface area contributed by atoms with Crippen LogP contribution in [0.2, 0.25) is 0 Å². The Labute approximate surface area is 296 Å². The van der Waals surface area contributed by atoms with Gasteiger partial charge in [-0.2, -0.15) is 12.8 Å². The highest BCUT2D eigenvalue weighted by atomic mass is 32.2. The Bertz CT molecular complexity index is 2090. The Kier molecular flexibility index (Phi) is 9.69. The van der Waals surface area contributed by atoms with Gasteiger partial charge in [0, 0.05) is 18.2 Å². The van der Waals surface area contributed by atoms with Crippen LogP contribution in [0.25, 0.3) is 12.2 Å². The van der Waals surface area contributed by atoms with Crippen molar-refractivity contribution in [3.63, 3.8) is 0 Å². The van der Waals surface area contributed by atoms with Crippen LogP contribution < -0.4 is 0 Å². The maximum Gasteiger partial charge on any atom is 0.282 e. The van der Waals surface area contributed by atoms with Crippen LogP contribution >= 0.6 is 0 Å². The highest BCUT2D eigenvalue weighted by Gasteiger charge is 2.53. The quantitative estimate of drug-likeness (QED) is 0.109. The monoisotopic (exact) mass is 681 g/mol. The van der Waals surface area contributed by atoms with Gasteiger partial charge in [0.05, 0.1) is 4.90 Å². The van der Waals surface area contributed by atoms with Gasteiger partial charge in [-0.1, -0.05) is 128 Å². The Morgan fingerprint density at radius 3 is 2.06 bits per heavy atom. The molecule has 2 atom stereocenters. The van der Waals surface area contributed by atoms with Crippen LogP contribution in [0, 0.1) is 13.8 Å². The van der Waals surface area contributed by atoms with E-state index in [0.29, 0.717) is 5.56 Å². The molecule has 1 aliphatic carbocycles. The van der Waals surface area contributed by atoms with Gasteiger partial charge in [0.15, 0.2) is 5.79 Å². The van der Waals surface area contributed by atoms with Crippen molar-refractivity contribution in [2.75, 3.05) is 0 Å². The summed E-state index contributed by atoms with van der Waals surface area (Å²) in [6.07, 6.45) is 10.1. The van der Waals surface area contributed by atoms with Crippen molar-refractivity contribution in [1.29, 1.82) is 0 Å². The van der Waals surface area contributed by atoms with Crippen molar-refractivity contribution < 1.29 is 17.9 Å². The number of sulfonamides is 1. The smallest absolute Gasteiger partial charge is 0.282 e. The summed E-state index contributed by atoms with van der Waals surface area (Å²) in [7, 11) is -3.81. The van der Waals surface area contributed by atoms with E-state index in [2.05, 4.69) is 91.1 Å². The second kappa shape index (κ2) is 14.3. The first kappa shape index (κ1) is 33.9. The van der Waals surface area contributed by atoms with Gasteiger partial charge in [0.1, 0.15) is 12.2 Å². The van der Waals surface area contributed by atoms with Crippen molar-refractivity contribution in [3.8, 4) is 0 Å². The zero-order chi connectivity index (χ0) is 34.7. The van der Waals surface area contributed by atoms with E-state index in [9.17, 15) is 8.42 Å². The molecule has 254 valence electrons. The van der Waals surface area contributed by atoms with Gasteiger partial charge in [0.25, 0.3) is 10.0 Å². The second-order valence-corrected chi connectivity index (χ2v) is 15.1. The van der Waals surface area contributed by atoms with Gasteiger partial charge in [0.2, 0.25) is 0 Å². The lowest BCUT2D eigenvalue weighted by atomic mass is 9.93. The third-order valence-corrected chi connectivity index (χ3v) is 11.1. The van der Waals surface area contributed by atoms with Crippen molar-refractivity contribution >= 4 is 28.4 Å². The van der Waals surface area contributed by atoms with Crippen molar-refractivity contribution in [2.24, 2.45) is 4.40 Å². The zero-order valence-corrected chi connectivity index (χ0v) is 29.7. The molecule has 0 radical (unpaired) electrons. The van der Waals surface area contributed by atoms with Gasteiger partial charge in [-0.05, 0) is 95.8 Å². The molecule has 0 bridgehead atoms. The average Bonchev–Trinajstić information content (AvgIpc) is 3.71. The molecule has 0 saturated carbocycles. The lowest BCUT2D eigenvalue weighted by molar-refractivity contribution is -0.183. The van der Waals surface area contributed by atoms with Crippen LogP contribution in [0.15, 0.2) is 125 Å². The summed E-state index contributed by atoms with van der Waals surface area (Å²) >= 11 is 0. The summed E-state index contributed by atoms with van der Waals surface area (Å²) in [5, 5.41) is 0. The van der Waals surface area contributed by atoms with Gasteiger partial charge in [-0.25, -0.2) is 0 Å². The van der Waals surface area contributed by atoms with Gasteiger partial charge < -0.3 is 9.47 Å². The maximum atomic E-state index is 12.9.